The van der Waals surface area contributed by atoms with Crippen molar-refractivity contribution in [2.24, 2.45) is 11.8 Å². The Kier molecular flexibility index (Phi) is 5.96. The monoisotopic (exact) mass is 300 g/mol. The molecule has 1 unspecified atom stereocenters. The van der Waals surface area contributed by atoms with Crippen molar-refractivity contribution in [3.05, 3.63) is 33.8 Å². The van der Waals surface area contributed by atoms with Crippen molar-refractivity contribution in [2.45, 2.75) is 51.0 Å². The van der Waals surface area contributed by atoms with E-state index < -0.39 is 0 Å². The van der Waals surface area contributed by atoms with Gasteiger partial charge in [0, 0.05) is 6.04 Å². The third-order valence-corrected chi connectivity index (χ3v) is 4.93. The molecule has 0 bridgehead atoms. The normalized spacial score (nSPS) is 18.5. The topological polar surface area (TPSA) is 38.0 Å². The summed E-state index contributed by atoms with van der Waals surface area (Å²) in [6.45, 7) is 0. The van der Waals surface area contributed by atoms with Crippen LogP contribution in [0.5, 0.6) is 0 Å². The van der Waals surface area contributed by atoms with Crippen LogP contribution < -0.4 is 11.3 Å². The molecule has 0 radical (unpaired) electrons. The van der Waals surface area contributed by atoms with E-state index in [1.54, 1.807) is 0 Å². The van der Waals surface area contributed by atoms with Gasteiger partial charge in [-0.15, -0.1) is 0 Å². The van der Waals surface area contributed by atoms with Crippen LogP contribution in [0.15, 0.2) is 18.2 Å². The molecule has 0 amide bonds. The number of halogens is 2. The zero-order valence-corrected chi connectivity index (χ0v) is 12.7. The minimum atomic E-state index is 0.277. The Morgan fingerprint density at radius 2 is 1.95 bits per heavy atom. The van der Waals surface area contributed by atoms with E-state index in [1.165, 1.54) is 32.1 Å². The molecule has 19 heavy (non-hydrogen) atoms. The maximum atomic E-state index is 6.24. The highest BCUT2D eigenvalue weighted by Crippen LogP contribution is 2.30. The van der Waals surface area contributed by atoms with Crippen LogP contribution in [0, 0.1) is 5.92 Å². The van der Waals surface area contributed by atoms with Gasteiger partial charge in [-0.2, -0.15) is 0 Å². The molecule has 4 heteroatoms. The van der Waals surface area contributed by atoms with Crippen LogP contribution in [0.3, 0.4) is 0 Å². The Hall–Kier alpha value is -0.280. The van der Waals surface area contributed by atoms with E-state index in [2.05, 4.69) is 5.43 Å². The van der Waals surface area contributed by atoms with Crippen molar-refractivity contribution in [3.8, 4) is 0 Å². The molecule has 0 heterocycles. The fraction of sp³-hybridized carbons (Fsp3) is 0.600. The molecule has 106 valence electrons. The molecule has 0 saturated heterocycles. The van der Waals surface area contributed by atoms with Crippen molar-refractivity contribution < 1.29 is 0 Å². The summed E-state index contributed by atoms with van der Waals surface area (Å²) >= 11 is 12.3. The van der Waals surface area contributed by atoms with Gasteiger partial charge in [0.1, 0.15) is 0 Å². The summed E-state index contributed by atoms with van der Waals surface area (Å²) in [6, 6.07) is 6.07. The summed E-state index contributed by atoms with van der Waals surface area (Å²) in [5, 5.41) is 1.28. The quantitative estimate of drug-likeness (QED) is 0.627. The molecule has 1 aromatic carbocycles. The van der Waals surface area contributed by atoms with Gasteiger partial charge >= 0.3 is 0 Å². The van der Waals surface area contributed by atoms with Crippen LogP contribution in [-0.4, -0.2) is 6.04 Å². The minimum Gasteiger partial charge on any atom is -0.271 e. The summed E-state index contributed by atoms with van der Waals surface area (Å²) in [7, 11) is 0. The van der Waals surface area contributed by atoms with Crippen molar-refractivity contribution in [1.29, 1.82) is 0 Å². The van der Waals surface area contributed by atoms with E-state index in [9.17, 15) is 0 Å². The van der Waals surface area contributed by atoms with Crippen molar-refractivity contribution in [1.82, 2.24) is 5.43 Å². The van der Waals surface area contributed by atoms with E-state index in [1.807, 2.05) is 18.2 Å². The molecule has 2 rings (SSSR count). The first-order valence-corrected chi connectivity index (χ1v) is 7.85. The number of benzene rings is 1. The molecule has 0 aliphatic heterocycles. The van der Waals surface area contributed by atoms with Crippen molar-refractivity contribution in [2.75, 3.05) is 0 Å². The SMILES string of the molecule is NNC(Cc1cccc(Cl)c1Cl)CC1CCCCC1. The average Bonchev–Trinajstić information content (AvgIpc) is 2.44. The molecular formula is C15H22Cl2N2. The maximum Gasteiger partial charge on any atom is 0.0624 e. The van der Waals surface area contributed by atoms with E-state index in [-0.39, 0.29) is 6.04 Å². The molecule has 1 atom stereocenters. The van der Waals surface area contributed by atoms with Crippen LogP contribution >= 0.6 is 23.2 Å². The van der Waals surface area contributed by atoms with Gasteiger partial charge < -0.3 is 0 Å². The number of nitrogens with one attached hydrogen (secondary N) is 1. The minimum absolute atomic E-state index is 0.277. The molecule has 2 nitrogen and oxygen atoms in total. The smallest absolute Gasteiger partial charge is 0.0624 e. The lowest BCUT2D eigenvalue weighted by Gasteiger charge is -2.26. The van der Waals surface area contributed by atoms with Gasteiger partial charge in [0.15, 0.2) is 0 Å². The van der Waals surface area contributed by atoms with Gasteiger partial charge in [-0.25, -0.2) is 0 Å². The van der Waals surface area contributed by atoms with Crippen molar-refractivity contribution in [3.63, 3.8) is 0 Å². The molecule has 1 saturated carbocycles. The lowest BCUT2D eigenvalue weighted by atomic mass is 9.84. The van der Waals surface area contributed by atoms with Gasteiger partial charge in [0.25, 0.3) is 0 Å². The van der Waals surface area contributed by atoms with Gasteiger partial charge in [0.05, 0.1) is 10.0 Å². The van der Waals surface area contributed by atoms with E-state index in [0.29, 0.717) is 10.0 Å². The van der Waals surface area contributed by atoms with Crippen LogP contribution in [0.1, 0.15) is 44.1 Å². The Morgan fingerprint density at radius 3 is 2.63 bits per heavy atom. The van der Waals surface area contributed by atoms with Gasteiger partial charge in [-0.3, -0.25) is 11.3 Å². The molecule has 1 aliphatic carbocycles. The van der Waals surface area contributed by atoms with Crippen LogP contribution in [-0.2, 0) is 6.42 Å². The standard InChI is InChI=1S/C15H22Cl2N2/c16-14-8-4-7-12(15(14)17)10-13(19-18)9-11-5-2-1-3-6-11/h4,7-8,11,13,19H,1-3,5-6,9-10,18H2. The second-order valence-electron chi connectivity index (χ2n) is 5.52. The predicted octanol–water partition coefficient (Wildman–Crippen LogP) is 4.34. The number of hydrogen-bond donors (Lipinski definition) is 2. The molecule has 0 aromatic heterocycles. The Morgan fingerprint density at radius 1 is 1.21 bits per heavy atom. The Labute approximate surface area is 125 Å². The third-order valence-electron chi connectivity index (χ3n) is 4.08. The Bertz CT molecular complexity index is 403. The molecular weight excluding hydrogens is 279 g/mol. The zero-order chi connectivity index (χ0) is 13.7. The summed E-state index contributed by atoms with van der Waals surface area (Å²) in [5.74, 6) is 6.50. The van der Waals surface area contributed by atoms with Gasteiger partial charge in [-0.05, 0) is 30.4 Å². The average molecular weight is 301 g/mol. The number of rotatable bonds is 5. The molecule has 0 spiro atoms. The molecule has 1 aliphatic rings. The lowest BCUT2D eigenvalue weighted by molar-refractivity contribution is 0.298. The lowest BCUT2D eigenvalue weighted by Crippen LogP contribution is -2.38. The highest BCUT2D eigenvalue weighted by molar-refractivity contribution is 6.42. The zero-order valence-electron chi connectivity index (χ0n) is 11.2. The largest absolute Gasteiger partial charge is 0.271 e. The van der Waals surface area contributed by atoms with Gasteiger partial charge in [0.2, 0.25) is 0 Å². The Balaban J connectivity index is 1.96. The van der Waals surface area contributed by atoms with E-state index in [4.69, 9.17) is 29.0 Å². The highest BCUT2D eigenvalue weighted by Gasteiger charge is 2.19. The second kappa shape index (κ2) is 7.49. The highest BCUT2D eigenvalue weighted by atomic mass is 35.5. The predicted molar refractivity (Wildman–Crippen MR) is 82.5 cm³/mol. The van der Waals surface area contributed by atoms with Crippen LogP contribution in [0.2, 0.25) is 10.0 Å². The molecule has 1 aromatic rings. The third kappa shape index (κ3) is 4.35. The first kappa shape index (κ1) is 15.1. The summed E-state index contributed by atoms with van der Waals surface area (Å²) in [6.07, 6.45) is 8.74. The van der Waals surface area contributed by atoms with Crippen LogP contribution in [0.4, 0.5) is 0 Å². The van der Waals surface area contributed by atoms with Crippen LogP contribution in [0.25, 0.3) is 0 Å². The number of nitrogens with two attached hydrogens (primary N) is 1. The van der Waals surface area contributed by atoms with Gasteiger partial charge in [-0.1, -0.05) is 67.4 Å². The number of hydrogen-bond acceptors (Lipinski definition) is 2. The van der Waals surface area contributed by atoms with E-state index in [0.717, 1.165) is 24.3 Å². The molecule has 3 N–H and O–H groups in total. The fourth-order valence-corrected chi connectivity index (χ4v) is 3.40. The number of hydrazine groups is 1. The van der Waals surface area contributed by atoms with Crippen molar-refractivity contribution >= 4 is 23.2 Å². The molecule has 1 fully saturated rings. The summed E-state index contributed by atoms with van der Waals surface area (Å²) in [5.41, 5.74) is 4.02. The summed E-state index contributed by atoms with van der Waals surface area (Å²) < 4.78 is 0. The summed E-state index contributed by atoms with van der Waals surface area (Å²) in [4.78, 5) is 0. The maximum absolute atomic E-state index is 6.24. The second-order valence-corrected chi connectivity index (χ2v) is 6.31. The first-order chi connectivity index (χ1) is 9.20. The first-order valence-electron chi connectivity index (χ1n) is 7.09. The van der Waals surface area contributed by atoms with E-state index >= 15 is 0 Å². The fourth-order valence-electron chi connectivity index (χ4n) is 3.01.